The lowest BCUT2D eigenvalue weighted by Gasteiger charge is -2.17. The van der Waals surface area contributed by atoms with Gasteiger partial charge in [0.1, 0.15) is 0 Å². The van der Waals surface area contributed by atoms with E-state index in [1.165, 1.54) is 0 Å². The van der Waals surface area contributed by atoms with Gasteiger partial charge in [0.15, 0.2) is 0 Å². The molecule has 0 radical (unpaired) electrons. The molecule has 1 fully saturated rings. The van der Waals surface area contributed by atoms with Gasteiger partial charge in [-0.25, -0.2) is 13.1 Å². The SMILES string of the molecule is CC(C)S(=O)(=O)NC(CN)C1CC1. The van der Waals surface area contributed by atoms with Crippen LogP contribution in [0.4, 0.5) is 0 Å². The van der Waals surface area contributed by atoms with Crippen LogP contribution in [-0.2, 0) is 10.0 Å². The van der Waals surface area contributed by atoms with E-state index in [9.17, 15) is 8.42 Å². The normalized spacial score (nSPS) is 20.6. The molecule has 1 aliphatic rings. The average Bonchev–Trinajstić information content (AvgIpc) is 2.82. The smallest absolute Gasteiger partial charge is 0.214 e. The summed E-state index contributed by atoms with van der Waals surface area (Å²) in [4.78, 5) is 0. The average molecular weight is 206 g/mol. The second-order valence-corrected chi connectivity index (χ2v) is 6.16. The van der Waals surface area contributed by atoms with Gasteiger partial charge < -0.3 is 5.73 Å². The minimum absolute atomic E-state index is 0.0487. The van der Waals surface area contributed by atoms with Crippen molar-refractivity contribution in [3.63, 3.8) is 0 Å². The summed E-state index contributed by atoms with van der Waals surface area (Å²) in [7, 11) is -3.14. The molecule has 1 atom stereocenters. The molecule has 0 aromatic carbocycles. The van der Waals surface area contributed by atoms with Crippen LogP contribution < -0.4 is 10.5 Å². The van der Waals surface area contributed by atoms with Crippen molar-refractivity contribution in [1.82, 2.24) is 4.72 Å². The molecule has 0 aliphatic heterocycles. The van der Waals surface area contributed by atoms with Crippen molar-refractivity contribution >= 4 is 10.0 Å². The molecule has 5 heteroatoms. The Labute approximate surface area is 79.9 Å². The molecular formula is C8H18N2O2S. The first-order chi connectivity index (χ1) is 5.97. The zero-order chi connectivity index (χ0) is 10.1. The van der Waals surface area contributed by atoms with Crippen LogP contribution in [0.1, 0.15) is 26.7 Å². The highest BCUT2D eigenvalue weighted by Gasteiger charge is 2.33. The standard InChI is InChI=1S/C8H18N2O2S/c1-6(2)13(11,12)10-8(5-9)7-3-4-7/h6-8,10H,3-5,9H2,1-2H3. The van der Waals surface area contributed by atoms with Crippen LogP contribution in [0.15, 0.2) is 0 Å². The molecule has 4 nitrogen and oxygen atoms in total. The van der Waals surface area contributed by atoms with Crippen molar-refractivity contribution in [1.29, 1.82) is 0 Å². The number of rotatable bonds is 5. The molecule has 0 bridgehead atoms. The van der Waals surface area contributed by atoms with Crippen LogP contribution >= 0.6 is 0 Å². The lowest BCUT2D eigenvalue weighted by atomic mass is 10.2. The topological polar surface area (TPSA) is 72.2 Å². The van der Waals surface area contributed by atoms with E-state index in [0.29, 0.717) is 12.5 Å². The Bertz CT molecular complexity index is 257. The van der Waals surface area contributed by atoms with Crippen LogP contribution in [0.3, 0.4) is 0 Å². The number of sulfonamides is 1. The zero-order valence-electron chi connectivity index (χ0n) is 8.16. The number of nitrogens with two attached hydrogens (primary N) is 1. The maximum Gasteiger partial charge on any atom is 0.214 e. The summed E-state index contributed by atoms with van der Waals surface area (Å²) in [6, 6.07) is -0.0487. The Morgan fingerprint density at radius 2 is 2.00 bits per heavy atom. The fraction of sp³-hybridized carbons (Fsp3) is 1.00. The lowest BCUT2D eigenvalue weighted by molar-refractivity contribution is 0.514. The molecule has 1 aliphatic carbocycles. The third-order valence-corrected chi connectivity index (χ3v) is 4.25. The first kappa shape index (κ1) is 10.9. The van der Waals surface area contributed by atoms with Crippen LogP contribution in [0.2, 0.25) is 0 Å². The lowest BCUT2D eigenvalue weighted by Crippen LogP contribution is -2.44. The number of hydrogen-bond donors (Lipinski definition) is 2. The van der Waals surface area contributed by atoms with E-state index in [0.717, 1.165) is 12.8 Å². The minimum atomic E-state index is -3.14. The first-order valence-electron chi connectivity index (χ1n) is 4.68. The van der Waals surface area contributed by atoms with Gasteiger partial charge in [-0.05, 0) is 32.6 Å². The second-order valence-electron chi connectivity index (χ2n) is 3.89. The summed E-state index contributed by atoms with van der Waals surface area (Å²) >= 11 is 0. The molecule has 1 rings (SSSR count). The molecule has 0 spiro atoms. The molecule has 3 N–H and O–H groups in total. The molecule has 1 saturated carbocycles. The van der Waals surface area contributed by atoms with Crippen LogP contribution in [0.25, 0.3) is 0 Å². The highest BCUT2D eigenvalue weighted by atomic mass is 32.2. The van der Waals surface area contributed by atoms with E-state index in [1.54, 1.807) is 13.8 Å². The summed E-state index contributed by atoms with van der Waals surface area (Å²) in [6.07, 6.45) is 2.20. The molecular weight excluding hydrogens is 188 g/mol. The summed E-state index contributed by atoms with van der Waals surface area (Å²) in [5.74, 6) is 0.471. The maximum atomic E-state index is 11.5. The van der Waals surface area contributed by atoms with Crippen molar-refractivity contribution in [2.75, 3.05) is 6.54 Å². The minimum Gasteiger partial charge on any atom is -0.329 e. The maximum absolute atomic E-state index is 11.5. The van der Waals surface area contributed by atoms with Gasteiger partial charge in [0, 0.05) is 12.6 Å². The quantitative estimate of drug-likeness (QED) is 0.667. The van der Waals surface area contributed by atoms with Gasteiger partial charge in [-0.2, -0.15) is 0 Å². The van der Waals surface area contributed by atoms with Crippen molar-refractivity contribution in [3.8, 4) is 0 Å². The Kier molecular flexibility index (Phi) is 3.32. The van der Waals surface area contributed by atoms with Gasteiger partial charge in [-0.15, -0.1) is 0 Å². The van der Waals surface area contributed by atoms with Crippen molar-refractivity contribution in [3.05, 3.63) is 0 Å². The Morgan fingerprint density at radius 3 is 2.31 bits per heavy atom. The van der Waals surface area contributed by atoms with E-state index in [4.69, 9.17) is 5.73 Å². The Hall–Kier alpha value is -0.130. The van der Waals surface area contributed by atoms with E-state index >= 15 is 0 Å². The van der Waals surface area contributed by atoms with E-state index < -0.39 is 10.0 Å². The third-order valence-electron chi connectivity index (χ3n) is 2.38. The molecule has 1 unspecified atom stereocenters. The summed E-state index contributed by atoms with van der Waals surface area (Å²) in [5.41, 5.74) is 5.49. The fourth-order valence-electron chi connectivity index (χ4n) is 1.18. The van der Waals surface area contributed by atoms with Gasteiger partial charge in [-0.3, -0.25) is 0 Å². The molecule has 0 amide bonds. The second kappa shape index (κ2) is 3.94. The summed E-state index contributed by atoms with van der Waals surface area (Å²) in [5, 5.41) is -0.375. The Balaban J connectivity index is 2.54. The molecule has 0 heterocycles. The van der Waals surface area contributed by atoms with Gasteiger partial charge in [0.05, 0.1) is 5.25 Å². The molecule has 0 saturated heterocycles. The zero-order valence-corrected chi connectivity index (χ0v) is 8.97. The highest BCUT2D eigenvalue weighted by molar-refractivity contribution is 7.90. The Morgan fingerprint density at radius 1 is 1.46 bits per heavy atom. The van der Waals surface area contributed by atoms with Gasteiger partial charge in [0.2, 0.25) is 10.0 Å². The molecule has 78 valence electrons. The predicted octanol–water partition coefficient (Wildman–Crippen LogP) is 0.0515. The predicted molar refractivity (Wildman–Crippen MR) is 52.8 cm³/mol. The number of nitrogens with one attached hydrogen (secondary N) is 1. The van der Waals surface area contributed by atoms with E-state index in [1.807, 2.05) is 0 Å². The number of hydrogen-bond acceptors (Lipinski definition) is 3. The van der Waals surface area contributed by atoms with Gasteiger partial charge in [0.25, 0.3) is 0 Å². The van der Waals surface area contributed by atoms with Crippen LogP contribution in [-0.4, -0.2) is 26.3 Å². The first-order valence-corrected chi connectivity index (χ1v) is 6.23. The molecule has 0 aromatic heterocycles. The van der Waals surface area contributed by atoms with E-state index in [-0.39, 0.29) is 11.3 Å². The monoisotopic (exact) mass is 206 g/mol. The largest absolute Gasteiger partial charge is 0.329 e. The van der Waals surface area contributed by atoms with E-state index in [2.05, 4.69) is 4.72 Å². The van der Waals surface area contributed by atoms with Crippen LogP contribution in [0.5, 0.6) is 0 Å². The third kappa shape index (κ3) is 2.93. The highest BCUT2D eigenvalue weighted by Crippen LogP contribution is 2.32. The fourth-order valence-corrected chi connectivity index (χ4v) is 2.17. The van der Waals surface area contributed by atoms with Gasteiger partial charge >= 0.3 is 0 Å². The van der Waals surface area contributed by atoms with Crippen molar-refractivity contribution in [2.45, 2.75) is 38.0 Å². The van der Waals surface area contributed by atoms with Gasteiger partial charge in [-0.1, -0.05) is 0 Å². The van der Waals surface area contributed by atoms with Crippen LogP contribution in [0, 0.1) is 5.92 Å². The van der Waals surface area contributed by atoms with Crippen molar-refractivity contribution in [2.24, 2.45) is 11.7 Å². The molecule has 13 heavy (non-hydrogen) atoms. The van der Waals surface area contributed by atoms with Crippen molar-refractivity contribution < 1.29 is 8.42 Å². The summed E-state index contributed by atoms with van der Waals surface area (Å²) < 4.78 is 25.6. The molecule has 0 aromatic rings. The summed E-state index contributed by atoms with van der Waals surface area (Å²) in [6.45, 7) is 3.74.